The zero-order valence-electron chi connectivity index (χ0n) is 17.0. The molecule has 0 spiro atoms. The Bertz CT molecular complexity index is 1150. The van der Waals surface area contributed by atoms with Crippen LogP contribution in [0.15, 0.2) is 66.7 Å². The van der Waals surface area contributed by atoms with Gasteiger partial charge in [0.2, 0.25) is 0 Å². The van der Waals surface area contributed by atoms with Crippen molar-refractivity contribution >= 4 is 74.3 Å². The van der Waals surface area contributed by atoms with E-state index in [9.17, 15) is 19.5 Å². The number of halogens is 2. The third kappa shape index (κ3) is 7.89. The monoisotopic (exact) mass is 672 g/mol. The van der Waals surface area contributed by atoms with Gasteiger partial charge in [-0.15, -0.1) is 0 Å². The maximum absolute atomic E-state index is 12.4. The van der Waals surface area contributed by atoms with E-state index in [1.165, 1.54) is 18.2 Å². The van der Waals surface area contributed by atoms with Crippen molar-refractivity contribution in [3.63, 3.8) is 0 Å². The van der Waals surface area contributed by atoms with E-state index < -0.39 is 17.8 Å². The van der Waals surface area contributed by atoms with Gasteiger partial charge < -0.3 is 25.2 Å². The van der Waals surface area contributed by atoms with Crippen molar-refractivity contribution in [3.8, 4) is 11.5 Å². The van der Waals surface area contributed by atoms with E-state index in [4.69, 9.17) is 9.47 Å². The molecular formula is C23H18I2N2O6. The van der Waals surface area contributed by atoms with Crippen molar-refractivity contribution < 1.29 is 29.0 Å². The molecule has 33 heavy (non-hydrogen) atoms. The maximum Gasteiger partial charge on any atom is 0.335 e. The van der Waals surface area contributed by atoms with Gasteiger partial charge in [-0.3, -0.25) is 9.59 Å². The molecule has 0 aliphatic carbocycles. The van der Waals surface area contributed by atoms with Crippen LogP contribution >= 0.6 is 45.2 Å². The van der Waals surface area contributed by atoms with E-state index in [-0.39, 0.29) is 30.2 Å². The third-order valence-corrected chi connectivity index (χ3v) is 5.62. The average molecular weight is 672 g/mol. The Morgan fingerprint density at radius 2 is 1.15 bits per heavy atom. The third-order valence-electron chi connectivity index (χ3n) is 4.18. The predicted octanol–water partition coefficient (Wildman–Crippen LogP) is 4.63. The fourth-order valence-corrected chi connectivity index (χ4v) is 3.34. The van der Waals surface area contributed by atoms with Crippen LogP contribution in [0.3, 0.4) is 0 Å². The molecule has 0 saturated carbocycles. The number of rotatable bonds is 9. The van der Waals surface area contributed by atoms with Crippen LogP contribution in [0.25, 0.3) is 0 Å². The van der Waals surface area contributed by atoms with Gasteiger partial charge in [0.25, 0.3) is 11.8 Å². The lowest BCUT2D eigenvalue weighted by Gasteiger charge is -2.14. The summed E-state index contributed by atoms with van der Waals surface area (Å²) in [4.78, 5) is 36.1. The molecule has 0 unspecified atom stereocenters. The van der Waals surface area contributed by atoms with Gasteiger partial charge in [-0.1, -0.05) is 0 Å². The summed E-state index contributed by atoms with van der Waals surface area (Å²) >= 11 is 4.32. The largest absolute Gasteiger partial charge is 0.484 e. The molecule has 0 fully saturated rings. The highest BCUT2D eigenvalue weighted by Crippen LogP contribution is 2.24. The molecule has 0 aliphatic rings. The van der Waals surface area contributed by atoms with Crippen molar-refractivity contribution in [1.82, 2.24) is 0 Å². The summed E-state index contributed by atoms with van der Waals surface area (Å²) in [6.07, 6.45) is 0. The molecular weight excluding hydrogens is 654 g/mol. The first kappa shape index (κ1) is 24.8. The molecule has 0 heterocycles. The van der Waals surface area contributed by atoms with E-state index in [1.807, 2.05) is 24.3 Å². The highest BCUT2D eigenvalue weighted by Gasteiger charge is 2.14. The van der Waals surface area contributed by atoms with Crippen molar-refractivity contribution in [2.24, 2.45) is 0 Å². The van der Waals surface area contributed by atoms with Gasteiger partial charge in [-0.2, -0.15) is 0 Å². The van der Waals surface area contributed by atoms with Crippen molar-refractivity contribution in [2.45, 2.75) is 0 Å². The number of amides is 2. The first-order chi connectivity index (χ1) is 15.8. The highest BCUT2D eigenvalue weighted by atomic mass is 127. The van der Waals surface area contributed by atoms with Gasteiger partial charge >= 0.3 is 5.97 Å². The Morgan fingerprint density at radius 1 is 0.697 bits per heavy atom. The quantitative estimate of drug-likeness (QED) is 0.286. The topological polar surface area (TPSA) is 114 Å². The molecule has 2 amide bonds. The second kappa shape index (κ2) is 11.8. The molecule has 10 heteroatoms. The molecule has 0 aromatic heterocycles. The molecule has 0 bridgehead atoms. The van der Waals surface area contributed by atoms with E-state index in [2.05, 4.69) is 55.8 Å². The summed E-state index contributed by atoms with van der Waals surface area (Å²) < 4.78 is 13.0. The second-order valence-corrected chi connectivity index (χ2v) is 9.14. The maximum atomic E-state index is 12.4. The molecule has 170 valence electrons. The molecule has 0 atom stereocenters. The Balaban J connectivity index is 1.64. The minimum atomic E-state index is -1.17. The molecule has 0 radical (unpaired) electrons. The molecule has 8 nitrogen and oxygen atoms in total. The number of hydrogen-bond donors (Lipinski definition) is 3. The lowest BCUT2D eigenvalue weighted by Crippen LogP contribution is -2.24. The summed E-state index contributed by atoms with van der Waals surface area (Å²) in [7, 11) is 0. The number of nitrogens with one attached hydrogen (secondary N) is 2. The van der Waals surface area contributed by atoms with Crippen LogP contribution in [0.2, 0.25) is 0 Å². The summed E-state index contributed by atoms with van der Waals surface area (Å²) in [5, 5.41) is 14.5. The number of benzene rings is 3. The molecule has 0 aliphatic heterocycles. The summed E-state index contributed by atoms with van der Waals surface area (Å²) in [5.41, 5.74) is 0.324. The van der Waals surface area contributed by atoms with E-state index in [0.29, 0.717) is 11.5 Å². The number of carbonyl (C=O) groups excluding carboxylic acids is 2. The van der Waals surface area contributed by atoms with Gasteiger partial charge in [-0.05, 0) is 112 Å². The van der Waals surface area contributed by atoms with Crippen LogP contribution in [0.5, 0.6) is 11.5 Å². The zero-order chi connectivity index (χ0) is 23.8. The Morgan fingerprint density at radius 3 is 1.61 bits per heavy atom. The summed E-state index contributed by atoms with van der Waals surface area (Å²) in [5.74, 6) is -1.09. The first-order valence-corrected chi connectivity index (χ1v) is 11.7. The Labute approximate surface area is 216 Å². The van der Waals surface area contributed by atoms with E-state index >= 15 is 0 Å². The molecule has 3 N–H and O–H groups in total. The van der Waals surface area contributed by atoms with Gasteiger partial charge in [0, 0.05) is 7.14 Å². The van der Waals surface area contributed by atoms with E-state index in [0.717, 1.165) is 7.14 Å². The van der Waals surface area contributed by atoms with Gasteiger partial charge in [0.15, 0.2) is 13.2 Å². The summed E-state index contributed by atoms with van der Waals surface area (Å²) in [6.45, 7) is -0.550. The number of hydrogen-bond acceptors (Lipinski definition) is 5. The SMILES string of the molecule is O=C(COc1ccc(I)cc1)Nc1ccc(C(=O)O)cc1NC(=O)COc1ccc(I)cc1. The summed E-state index contributed by atoms with van der Waals surface area (Å²) in [6, 6.07) is 18.4. The second-order valence-electron chi connectivity index (χ2n) is 6.65. The minimum absolute atomic E-state index is 0.0445. The number of ether oxygens (including phenoxy) is 2. The number of carbonyl (C=O) groups is 3. The van der Waals surface area contributed by atoms with Crippen LogP contribution in [-0.2, 0) is 9.59 Å². The number of carboxylic acid groups (broad SMARTS) is 1. The fraction of sp³-hybridized carbons (Fsp3) is 0.0870. The zero-order valence-corrected chi connectivity index (χ0v) is 21.3. The molecule has 3 aromatic carbocycles. The smallest absolute Gasteiger partial charge is 0.335 e. The first-order valence-electron chi connectivity index (χ1n) is 9.54. The van der Waals surface area contributed by atoms with Crippen LogP contribution in [-0.4, -0.2) is 36.1 Å². The van der Waals surface area contributed by atoms with Crippen molar-refractivity contribution in [3.05, 3.63) is 79.4 Å². The number of carboxylic acids is 1. The molecule has 0 saturated heterocycles. The minimum Gasteiger partial charge on any atom is -0.484 e. The van der Waals surface area contributed by atoms with Crippen LogP contribution in [0.4, 0.5) is 11.4 Å². The number of aromatic carboxylic acids is 1. The predicted molar refractivity (Wildman–Crippen MR) is 140 cm³/mol. The highest BCUT2D eigenvalue weighted by molar-refractivity contribution is 14.1. The van der Waals surface area contributed by atoms with Gasteiger partial charge in [-0.25, -0.2) is 4.79 Å². The lowest BCUT2D eigenvalue weighted by molar-refractivity contribution is -0.119. The number of anilines is 2. The van der Waals surface area contributed by atoms with E-state index in [1.54, 1.807) is 24.3 Å². The molecule has 3 rings (SSSR count). The lowest BCUT2D eigenvalue weighted by atomic mass is 10.1. The van der Waals surface area contributed by atoms with Crippen LogP contribution in [0.1, 0.15) is 10.4 Å². The fourth-order valence-electron chi connectivity index (χ4n) is 2.62. The Kier molecular flexibility index (Phi) is 8.88. The average Bonchev–Trinajstić information content (AvgIpc) is 2.79. The normalized spacial score (nSPS) is 10.2. The van der Waals surface area contributed by atoms with Crippen LogP contribution in [0, 0.1) is 7.14 Å². The molecule has 3 aromatic rings. The van der Waals surface area contributed by atoms with Gasteiger partial charge in [0.05, 0.1) is 16.9 Å². The van der Waals surface area contributed by atoms with Gasteiger partial charge in [0.1, 0.15) is 11.5 Å². The van der Waals surface area contributed by atoms with Crippen LogP contribution < -0.4 is 20.1 Å². The van der Waals surface area contributed by atoms with Crippen molar-refractivity contribution in [1.29, 1.82) is 0 Å². The standard InChI is InChI=1S/C23H18I2N2O6/c24-15-2-6-17(7-3-15)32-12-21(28)26-19-10-1-14(23(30)31)11-20(19)27-22(29)13-33-18-8-4-16(25)5-9-18/h1-11H,12-13H2,(H,26,28)(H,27,29)(H,30,31). The van der Waals surface area contributed by atoms with Crippen molar-refractivity contribution in [2.75, 3.05) is 23.8 Å². The Hall–Kier alpha value is -2.87.